The lowest BCUT2D eigenvalue weighted by Crippen LogP contribution is -2.29. The third-order valence-electron chi connectivity index (χ3n) is 4.18. The van der Waals surface area contributed by atoms with Gasteiger partial charge in [-0.1, -0.05) is 23.9 Å². The summed E-state index contributed by atoms with van der Waals surface area (Å²) in [6, 6.07) is 12.8. The Hall–Kier alpha value is -3.18. The molecule has 0 saturated carbocycles. The van der Waals surface area contributed by atoms with E-state index in [9.17, 15) is 9.59 Å². The monoisotopic (exact) mass is 393 g/mol. The zero-order valence-electron chi connectivity index (χ0n) is 15.6. The van der Waals surface area contributed by atoms with Crippen LogP contribution in [0.15, 0.2) is 52.5 Å². The topological polar surface area (TPSA) is 91.9 Å². The Labute approximate surface area is 166 Å². The van der Waals surface area contributed by atoms with Gasteiger partial charge < -0.3 is 4.90 Å². The van der Waals surface area contributed by atoms with Crippen LogP contribution in [0.2, 0.25) is 0 Å². The summed E-state index contributed by atoms with van der Waals surface area (Å²) < 4.78 is 1.45. The summed E-state index contributed by atoms with van der Waals surface area (Å²) in [5, 5.41) is 9.57. The van der Waals surface area contributed by atoms with Gasteiger partial charge in [0.05, 0.1) is 29.1 Å². The Morgan fingerprint density at radius 3 is 2.86 bits per heavy atom. The largest absolute Gasteiger partial charge is 0.344 e. The molecular weight excluding hydrogens is 374 g/mol. The second-order valence-corrected chi connectivity index (χ2v) is 7.20. The first-order chi connectivity index (χ1) is 13.5. The molecule has 0 radical (unpaired) electrons. The van der Waals surface area contributed by atoms with Gasteiger partial charge in [0.2, 0.25) is 5.91 Å². The standard InChI is InChI=1S/C20H19N5O2S/c1-14-8-10-22-17(12-14)25-19(27)15-6-3-4-7-16(15)23-20(25)28-13-18(26)24(2)11-5-9-21/h3-4,6-8,10,12H,5,11,13H2,1-2H3. The van der Waals surface area contributed by atoms with E-state index >= 15 is 0 Å². The van der Waals surface area contributed by atoms with Crippen molar-refractivity contribution in [3.8, 4) is 11.9 Å². The molecule has 0 unspecified atom stereocenters. The van der Waals surface area contributed by atoms with Gasteiger partial charge in [0, 0.05) is 19.8 Å². The van der Waals surface area contributed by atoms with E-state index in [0.29, 0.717) is 28.4 Å². The van der Waals surface area contributed by atoms with Crippen LogP contribution in [0.25, 0.3) is 16.7 Å². The molecule has 0 aliphatic heterocycles. The molecule has 142 valence electrons. The van der Waals surface area contributed by atoms with E-state index in [0.717, 1.165) is 5.56 Å². The Morgan fingerprint density at radius 1 is 1.32 bits per heavy atom. The first-order valence-corrected chi connectivity index (χ1v) is 9.68. The van der Waals surface area contributed by atoms with Gasteiger partial charge in [-0.05, 0) is 36.8 Å². The maximum absolute atomic E-state index is 13.1. The number of nitrogens with zero attached hydrogens (tertiary/aromatic N) is 5. The molecule has 8 heteroatoms. The maximum Gasteiger partial charge on any atom is 0.267 e. The average molecular weight is 393 g/mol. The number of hydrogen-bond donors (Lipinski definition) is 0. The van der Waals surface area contributed by atoms with Gasteiger partial charge in [0.25, 0.3) is 5.56 Å². The van der Waals surface area contributed by atoms with Gasteiger partial charge >= 0.3 is 0 Å². The molecule has 2 aromatic heterocycles. The minimum atomic E-state index is -0.225. The molecule has 0 aliphatic rings. The fraction of sp³-hybridized carbons (Fsp3) is 0.250. The van der Waals surface area contributed by atoms with E-state index in [-0.39, 0.29) is 23.6 Å². The van der Waals surface area contributed by atoms with Crippen LogP contribution >= 0.6 is 11.8 Å². The molecule has 1 aromatic carbocycles. The highest BCUT2D eigenvalue weighted by Gasteiger charge is 2.17. The number of pyridine rings is 1. The molecule has 1 amide bonds. The van der Waals surface area contributed by atoms with Crippen LogP contribution in [-0.4, -0.2) is 44.7 Å². The lowest BCUT2D eigenvalue weighted by Gasteiger charge is -2.16. The molecule has 0 aliphatic carbocycles. The average Bonchev–Trinajstić information content (AvgIpc) is 2.70. The van der Waals surface area contributed by atoms with Crippen LogP contribution in [0, 0.1) is 18.3 Å². The third-order valence-corrected chi connectivity index (χ3v) is 5.11. The number of rotatable bonds is 6. The number of fused-ring (bicyclic) bond motifs is 1. The van der Waals surface area contributed by atoms with Crippen molar-refractivity contribution in [2.45, 2.75) is 18.5 Å². The Balaban J connectivity index is 2.01. The summed E-state index contributed by atoms with van der Waals surface area (Å²) in [4.78, 5) is 35.9. The van der Waals surface area contributed by atoms with Gasteiger partial charge in [-0.2, -0.15) is 5.26 Å². The molecular formula is C20H19N5O2S. The number of aryl methyl sites for hydroxylation is 1. The highest BCUT2D eigenvalue weighted by molar-refractivity contribution is 7.99. The normalized spacial score (nSPS) is 10.6. The molecule has 28 heavy (non-hydrogen) atoms. The molecule has 0 atom stereocenters. The second-order valence-electron chi connectivity index (χ2n) is 6.26. The van der Waals surface area contributed by atoms with Gasteiger partial charge in [-0.15, -0.1) is 0 Å². The fourth-order valence-corrected chi connectivity index (χ4v) is 3.57. The first kappa shape index (κ1) is 19.6. The van der Waals surface area contributed by atoms with E-state index in [2.05, 4.69) is 9.97 Å². The molecule has 0 fully saturated rings. The number of nitriles is 1. The van der Waals surface area contributed by atoms with Crippen LogP contribution in [0.4, 0.5) is 0 Å². The molecule has 0 saturated heterocycles. The Kier molecular flexibility index (Phi) is 6.06. The number of carbonyl (C=O) groups is 1. The summed E-state index contributed by atoms with van der Waals surface area (Å²) >= 11 is 1.18. The first-order valence-electron chi connectivity index (χ1n) is 8.70. The zero-order valence-corrected chi connectivity index (χ0v) is 16.4. The lowest BCUT2D eigenvalue weighted by molar-refractivity contribution is -0.127. The smallest absolute Gasteiger partial charge is 0.267 e. The van der Waals surface area contributed by atoms with Crippen molar-refractivity contribution in [2.75, 3.05) is 19.3 Å². The molecule has 3 rings (SSSR count). The predicted molar refractivity (Wildman–Crippen MR) is 108 cm³/mol. The lowest BCUT2D eigenvalue weighted by atomic mass is 10.2. The molecule has 3 aromatic rings. The van der Waals surface area contributed by atoms with E-state index in [1.165, 1.54) is 21.2 Å². The number of benzene rings is 1. The van der Waals surface area contributed by atoms with Gasteiger partial charge in [-0.3, -0.25) is 9.59 Å². The van der Waals surface area contributed by atoms with E-state index < -0.39 is 0 Å². The molecule has 0 N–H and O–H groups in total. The number of para-hydroxylation sites is 1. The van der Waals surface area contributed by atoms with E-state index in [1.54, 1.807) is 31.4 Å². The van der Waals surface area contributed by atoms with E-state index in [4.69, 9.17) is 5.26 Å². The number of aromatic nitrogens is 3. The SMILES string of the molecule is Cc1ccnc(-n2c(SCC(=O)N(C)CCC#N)nc3ccccc3c2=O)c1. The van der Waals surface area contributed by atoms with Crippen molar-refractivity contribution in [1.29, 1.82) is 5.26 Å². The maximum atomic E-state index is 13.1. The highest BCUT2D eigenvalue weighted by atomic mass is 32.2. The minimum absolute atomic E-state index is 0.110. The fourth-order valence-electron chi connectivity index (χ4n) is 2.63. The van der Waals surface area contributed by atoms with Crippen molar-refractivity contribution in [1.82, 2.24) is 19.4 Å². The number of hydrogen-bond acceptors (Lipinski definition) is 6. The summed E-state index contributed by atoms with van der Waals surface area (Å²) in [5.41, 5.74) is 1.31. The second kappa shape index (κ2) is 8.67. The molecule has 7 nitrogen and oxygen atoms in total. The van der Waals surface area contributed by atoms with Gasteiger partial charge in [0.15, 0.2) is 5.16 Å². The summed E-state index contributed by atoms with van der Waals surface area (Å²) in [6.45, 7) is 2.29. The van der Waals surface area contributed by atoms with Crippen molar-refractivity contribution in [3.63, 3.8) is 0 Å². The van der Waals surface area contributed by atoms with Crippen LogP contribution in [-0.2, 0) is 4.79 Å². The Bertz CT molecular complexity index is 1120. The minimum Gasteiger partial charge on any atom is -0.344 e. The Morgan fingerprint density at radius 2 is 2.11 bits per heavy atom. The van der Waals surface area contributed by atoms with Crippen LogP contribution in [0.3, 0.4) is 0 Å². The predicted octanol–water partition coefficient (Wildman–Crippen LogP) is 2.55. The summed E-state index contributed by atoms with van der Waals surface area (Å²) in [7, 11) is 1.66. The molecule has 0 spiro atoms. The van der Waals surface area contributed by atoms with Crippen molar-refractivity contribution in [2.24, 2.45) is 0 Å². The number of thioether (sulfide) groups is 1. The zero-order chi connectivity index (χ0) is 20.1. The van der Waals surface area contributed by atoms with Crippen LogP contribution < -0.4 is 5.56 Å². The van der Waals surface area contributed by atoms with Crippen molar-refractivity contribution < 1.29 is 4.79 Å². The number of carbonyl (C=O) groups excluding carboxylic acids is 1. The van der Waals surface area contributed by atoms with Crippen molar-refractivity contribution >= 4 is 28.6 Å². The molecule has 2 heterocycles. The van der Waals surface area contributed by atoms with E-state index in [1.807, 2.05) is 31.2 Å². The van der Waals surface area contributed by atoms with Crippen LogP contribution in [0.5, 0.6) is 0 Å². The molecule has 0 bridgehead atoms. The van der Waals surface area contributed by atoms with Crippen molar-refractivity contribution in [3.05, 3.63) is 58.5 Å². The van der Waals surface area contributed by atoms with Gasteiger partial charge in [0.1, 0.15) is 5.82 Å². The van der Waals surface area contributed by atoms with Crippen LogP contribution in [0.1, 0.15) is 12.0 Å². The van der Waals surface area contributed by atoms with Gasteiger partial charge in [-0.25, -0.2) is 14.5 Å². The summed E-state index contributed by atoms with van der Waals surface area (Å²) in [5.74, 6) is 0.445. The highest BCUT2D eigenvalue weighted by Crippen LogP contribution is 2.21. The summed E-state index contributed by atoms with van der Waals surface area (Å²) in [6.07, 6.45) is 1.92. The quantitative estimate of drug-likeness (QED) is 0.472. The number of amides is 1. The third kappa shape index (κ3) is 4.21.